The summed E-state index contributed by atoms with van der Waals surface area (Å²) in [5.74, 6) is 0. The van der Waals surface area contributed by atoms with Gasteiger partial charge < -0.3 is 5.11 Å². The van der Waals surface area contributed by atoms with Gasteiger partial charge in [-0.05, 0) is 43.9 Å². The Labute approximate surface area is 87.9 Å². The van der Waals surface area contributed by atoms with Crippen LogP contribution in [0.5, 0.6) is 0 Å². The molecule has 0 radical (unpaired) electrons. The van der Waals surface area contributed by atoms with Gasteiger partial charge in [0.1, 0.15) is 0 Å². The van der Waals surface area contributed by atoms with Crippen LogP contribution in [-0.4, -0.2) is 11.2 Å². The van der Waals surface area contributed by atoms with Crippen molar-refractivity contribution in [3.05, 3.63) is 34.3 Å². The molecule has 0 aromatic heterocycles. The molecule has 0 saturated carbocycles. The van der Waals surface area contributed by atoms with Gasteiger partial charge in [-0.1, -0.05) is 28.1 Å². The van der Waals surface area contributed by atoms with E-state index < -0.39 is 0 Å². The molecule has 0 bridgehead atoms. The van der Waals surface area contributed by atoms with Crippen molar-refractivity contribution in [3.8, 4) is 0 Å². The molecule has 0 aliphatic rings. The maximum atomic E-state index is 9.07. The van der Waals surface area contributed by atoms with Crippen LogP contribution >= 0.6 is 15.9 Å². The van der Waals surface area contributed by atoms with E-state index in [9.17, 15) is 0 Å². The number of benzene rings is 1. The minimum absolute atomic E-state index is 0.171. The van der Waals surface area contributed by atoms with Crippen LogP contribution in [-0.2, 0) is 6.42 Å². The van der Waals surface area contributed by atoms with Crippen molar-refractivity contribution in [1.82, 2.24) is 0 Å². The fourth-order valence-corrected chi connectivity index (χ4v) is 1.52. The second-order valence-electron chi connectivity index (χ2n) is 3.37. The molecule has 0 saturated heterocycles. The highest BCUT2D eigenvalue weighted by molar-refractivity contribution is 9.10. The van der Waals surface area contributed by atoms with Gasteiger partial charge in [-0.25, -0.2) is 0 Å². The molecule has 2 heteroatoms. The first-order valence-corrected chi connectivity index (χ1v) is 5.40. The van der Waals surface area contributed by atoms with Crippen molar-refractivity contribution < 1.29 is 5.11 Å². The zero-order chi connectivity index (χ0) is 9.68. The van der Waals surface area contributed by atoms with Crippen LogP contribution < -0.4 is 0 Å². The van der Waals surface area contributed by atoms with Crippen LogP contribution in [0.1, 0.15) is 25.3 Å². The summed E-state index contributed by atoms with van der Waals surface area (Å²) in [6, 6.07) is 8.34. The zero-order valence-electron chi connectivity index (χ0n) is 7.83. The number of aliphatic hydroxyl groups is 1. The Morgan fingerprint density at radius 1 is 1.31 bits per heavy atom. The monoisotopic (exact) mass is 242 g/mol. The molecule has 0 aliphatic heterocycles. The van der Waals surface area contributed by atoms with Gasteiger partial charge >= 0.3 is 0 Å². The van der Waals surface area contributed by atoms with Crippen molar-refractivity contribution in [3.63, 3.8) is 0 Å². The summed E-state index contributed by atoms with van der Waals surface area (Å²) in [6.07, 6.45) is 2.82. The van der Waals surface area contributed by atoms with Gasteiger partial charge in [0.25, 0.3) is 0 Å². The fraction of sp³-hybridized carbons (Fsp3) is 0.455. The SMILES string of the molecule is C[C@@H](O)CCCc1ccc(Br)cc1. The molecule has 1 aromatic rings. The van der Waals surface area contributed by atoms with Crippen LogP contribution in [0.4, 0.5) is 0 Å². The molecule has 1 atom stereocenters. The third kappa shape index (κ3) is 4.44. The molecule has 72 valence electrons. The van der Waals surface area contributed by atoms with Crippen molar-refractivity contribution >= 4 is 15.9 Å². The maximum absolute atomic E-state index is 9.07. The molecular weight excluding hydrogens is 228 g/mol. The van der Waals surface area contributed by atoms with E-state index in [1.165, 1.54) is 5.56 Å². The highest BCUT2D eigenvalue weighted by Gasteiger charge is 1.97. The first-order valence-electron chi connectivity index (χ1n) is 4.61. The number of aliphatic hydroxyl groups excluding tert-OH is 1. The van der Waals surface area contributed by atoms with Gasteiger partial charge in [0.05, 0.1) is 6.10 Å². The molecule has 0 spiro atoms. The molecule has 1 N–H and O–H groups in total. The van der Waals surface area contributed by atoms with E-state index in [1.807, 2.05) is 6.92 Å². The minimum Gasteiger partial charge on any atom is -0.393 e. The molecule has 0 unspecified atom stereocenters. The average Bonchev–Trinajstić information content (AvgIpc) is 2.08. The van der Waals surface area contributed by atoms with Crippen LogP contribution in [0, 0.1) is 0 Å². The van der Waals surface area contributed by atoms with Crippen LogP contribution in [0.15, 0.2) is 28.7 Å². The molecule has 1 aromatic carbocycles. The lowest BCUT2D eigenvalue weighted by atomic mass is 10.1. The Morgan fingerprint density at radius 3 is 2.46 bits per heavy atom. The van der Waals surface area contributed by atoms with E-state index in [0.29, 0.717) is 0 Å². The fourth-order valence-electron chi connectivity index (χ4n) is 1.25. The predicted molar refractivity (Wildman–Crippen MR) is 58.8 cm³/mol. The van der Waals surface area contributed by atoms with Crippen LogP contribution in [0.3, 0.4) is 0 Å². The highest BCUT2D eigenvalue weighted by atomic mass is 79.9. The standard InChI is InChI=1S/C11H15BrO/c1-9(13)3-2-4-10-5-7-11(12)8-6-10/h5-9,13H,2-4H2,1H3/t9-/m1/s1. The molecule has 1 nitrogen and oxygen atoms in total. The average molecular weight is 243 g/mol. The van der Waals surface area contributed by atoms with Crippen molar-refractivity contribution in [2.24, 2.45) is 0 Å². The molecule has 0 heterocycles. The van der Waals surface area contributed by atoms with Gasteiger partial charge in [-0.2, -0.15) is 0 Å². The van der Waals surface area contributed by atoms with E-state index in [0.717, 1.165) is 23.7 Å². The third-order valence-corrected chi connectivity index (χ3v) is 2.53. The summed E-state index contributed by atoms with van der Waals surface area (Å²) in [5.41, 5.74) is 1.34. The summed E-state index contributed by atoms with van der Waals surface area (Å²) in [6.45, 7) is 1.83. The van der Waals surface area contributed by atoms with Crippen molar-refractivity contribution in [1.29, 1.82) is 0 Å². The largest absolute Gasteiger partial charge is 0.393 e. The van der Waals surface area contributed by atoms with E-state index >= 15 is 0 Å². The number of hydrogen-bond donors (Lipinski definition) is 1. The number of aryl methyl sites for hydroxylation is 1. The molecule has 0 amide bonds. The number of hydrogen-bond acceptors (Lipinski definition) is 1. The first-order chi connectivity index (χ1) is 6.18. The van der Waals surface area contributed by atoms with Crippen LogP contribution in [0.2, 0.25) is 0 Å². The van der Waals surface area contributed by atoms with E-state index in [1.54, 1.807) is 0 Å². The summed E-state index contributed by atoms with van der Waals surface area (Å²) < 4.78 is 1.12. The summed E-state index contributed by atoms with van der Waals surface area (Å²) in [4.78, 5) is 0. The smallest absolute Gasteiger partial charge is 0.0512 e. The van der Waals surface area contributed by atoms with Gasteiger partial charge in [-0.3, -0.25) is 0 Å². The van der Waals surface area contributed by atoms with E-state index in [4.69, 9.17) is 5.11 Å². The summed E-state index contributed by atoms with van der Waals surface area (Å²) in [5, 5.41) is 9.07. The van der Waals surface area contributed by atoms with E-state index in [-0.39, 0.29) is 6.10 Å². The Kier molecular flexibility index (Phi) is 4.46. The normalized spacial score (nSPS) is 12.8. The summed E-state index contributed by atoms with van der Waals surface area (Å²) in [7, 11) is 0. The number of rotatable bonds is 4. The Morgan fingerprint density at radius 2 is 1.92 bits per heavy atom. The summed E-state index contributed by atoms with van der Waals surface area (Å²) >= 11 is 3.40. The van der Waals surface area contributed by atoms with Crippen LogP contribution in [0.25, 0.3) is 0 Å². The first kappa shape index (κ1) is 10.7. The second kappa shape index (κ2) is 5.40. The van der Waals surface area contributed by atoms with E-state index in [2.05, 4.69) is 40.2 Å². The lowest BCUT2D eigenvalue weighted by Crippen LogP contribution is -1.99. The zero-order valence-corrected chi connectivity index (χ0v) is 9.42. The van der Waals surface area contributed by atoms with Gasteiger partial charge in [0.2, 0.25) is 0 Å². The Balaban J connectivity index is 2.33. The lowest BCUT2D eigenvalue weighted by Gasteiger charge is -2.03. The van der Waals surface area contributed by atoms with Crippen molar-refractivity contribution in [2.45, 2.75) is 32.3 Å². The highest BCUT2D eigenvalue weighted by Crippen LogP contribution is 2.12. The molecule has 0 aliphatic carbocycles. The topological polar surface area (TPSA) is 20.2 Å². The van der Waals surface area contributed by atoms with Gasteiger partial charge in [0, 0.05) is 4.47 Å². The quantitative estimate of drug-likeness (QED) is 0.861. The molecule has 1 rings (SSSR count). The van der Waals surface area contributed by atoms with Gasteiger partial charge in [-0.15, -0.1) is 0 Å². The molecular formula is C11H15BrO. The predicted octanol–water partition coefficient (Wildman–Crippen LogP) is 3.15. The number of halogens is 1. The maximum Gasteiger partial charge on any atom is 0.0512 e. The second-order valence-corrected chi connectivity index (χ2v) is 4.28. The third-order valence-electron chi connectivity index (χ3n) is 2.00. The minimum atomic E-state index is -0.171. The molecule has 13 heavy (non-hydrogen) atoms. The van der Waals surface area contributed by atoms with Gasteiger partial charge in [0.15, 0.2) is 0 Å². The Hall–Kier alpha value is -0.340. The molecule has 0 fully saturated rings. The van der Waals surface area contributed by atoms with Crippen molar-refractivity contribution in [2.75, 3.05) is 0 Å². The lowest BCUT2D eigenvalue weighted by molar-refractivity contribution is 0.182. The Bertz CT molecular complexity index is 241.